The topological polar surface area (TPSA) is 64.2 Å². The van der Waals surface area contributed by atoms with Gasteiger partial charge in [0.05, 0.1) is 17.3 Å². The summed E-state index contributed by atoms with van der Waals surface area (Å²) in [4.78, 5) is 14.8. The third kappa shape index (κ3) is 2.37. The summed E-state index contributed by atoms with van der Waals surface area (Å²) in [6.07, 6.45) is 3.99. The van der Waals surface area contributed by atoms with Crippen LogP contribution in [0.25, 0.3) is 0 Å². The molecular formula is C16H26N4O. The summed E-state index contributed by atoms with van der Waals surface area (Å²) in [6.45, 7) is 9.94. The fourth-order valence-electron chi connectivity index (χ4n) is 3.94. The van der Waals surface area contributed by atoms with Gasteiger partial charge in [-0.2, -0.15) is 5.10 Å². The Morgan fingerprint density at radius 2 is 2.05 bits per heavy atom. The zero-order valence-corrected chi connectivity index (χ0v) is 13.5. The molecule has 1 aromatic rings. The lowest BCUT2D eigenvalue weighted by atomic mass is 9.98. The zero-order valence-electron chi connectivity index (χ0n) is 13.5. The third-order valence-corrected chi connectivity index (χ3v) is 5.08. The van der Waals surface area contributed by atoms with Crippen LogP contribution in [0.15, 0.2) is 6.20 Å². The monoisotopic (exact) mass is 290 g/mol. The Morgan fingerprint density at radius 3 is 2.62 bits per heavy atom. The first-order valence-corrected chi connectivity index (χ1v) is 7.89. The van der Waals surface area contributed by atoms with Gasteiger partial charge in [0.2, 0.25) is 0 Å². The number of hydrogen-bond acceptors (Lipinski definition) is 3. The summed E-state index contributed by atoms with van der Waals surface area (Å²) in [5.74, 6) is 1.21. The minimum absolute atomic E-state index is 0.105. The Kier molecular flexibility index (Phi) is 3.35. The first-order chi connectivity index (χ1) is 9.79. The number of nitrogens with two attached hydrogens (primary N) is 1. The van der Waals surface area contributed by atoms with Crippen LogP contribution in [0.2, 0.25) is 0 Å². The number of carbonyl (C=O) groups excluding carboxylic acids is 1. The molecule has 2 N–H and O–H groups in total. The van der Waals surface area contributed by atoms with E-state index >= 15 is 0 Å². The molecule has 1 saturated heterocycles. The smallest absolute Gasteiger partial charge is 0.257 e. The molecule has 2 aliphatic rings. The normalized spacial score (nSPS) is 29.0. The van der Waals surface area contributed by atoms with Crippen LogP contribution in [0.5, 0.6) is 0 Å². The molecular weight excluding hydrogens is 264 g/mol. The van der Waals surface area contributed by atoms with Crippen molar-refractivity contribution in [3.05, 3.63) is 17.5 Å². The van der Waals surface area contributed by atoms with Crippen molar-refractivity contribution in [2.24, 2.45) is 17.6 Å². The van der Waals surface area contributed by atoms with Crippen molar-refractivity contribution in [1.29, 1.82) is 0 Å². The third-order valence-electron chi connectivity index (χ3n) is 5.08. The number of aromatic nitrogens is 2. The summed E-state index contributed by atoms with van der Waals surface area (Å²) in [6, 6.07) is 0.270. The van der Waals surface area contributed by atoms with E-state index in [0.717, 1.165) is 37.2 Å². The molecule has 5 heteroatoms. The van der Waals surface area contributed by atoms with Crippen molar-refractivity contribution in [3.8, 4) is 0 Å². The summed E-state index contributed by atoms with van der Waals surface area (Å²) in [5, 5.41) is 4.41. The lowest BCUT2D eigenvalue weighted by Gasteiger charge is -2.22. The number of rotatable bonds is 1. The molecule has 21 heavy (non-hydrogen) atoms. The number of hydrogen-bond donors (Lipinski definition) is 1. The molecule has 2 heterocycles. The molecule has 0 radical (unpaired) electrons. The molecule has 1 aliphatic carbocycles. The maximum atomic E-state index is 12.8. The van der Waals surface area contributed by atoms with Gasteiger partial charge in [-0.3, -0.25) is 9.48 Å². The molecule has 1 aliphatic heterocycles. The van der Waals surface area contributed by atoms with Gasteiger partial charge in [0, 0.05) is 24.8 Å². The molecule has 2 fully saturated rings. The second-order valence-corrected chi connectivity index (χ2v) is 7.60. The van der Waals surface area contributed by atoms with Gasteiger partial charge in [0.25, 0.3) is 5.91 Å². The van der Waals surface area contributed by atoms with Gasteiger partial charge < -0.3 is 10.6 Å². The van der Waals surface area contributed by atoms with Gasteiger partial charge in [-0.1, -0.05) is 0 Å². The highest BCUT2D eigenvalue weighted by Crippen LogP contribution is 2.37. The minimum Gasteiger partial charge on any atom is -0.338 e. The Bertz CT molecular complexity index is 557. The lowest BCUT2D eigenvalue weighted by Crippen LogP contribution is -2.34. The molecule has 0 aromatic carbocycles. The number of carbonyl (C=O) groups is 1. The van der Waals surface area contributed by atoms with Crippen LogP contribution in [0.3, 0.4) is 0 Å². The van der Waals surface area contributed by atoms with Gasteiger partial charge in [-0.25, -0.2) is 0 Å². The molecule has 116 valence electrons. The first kappa shape index (κ1) is 14.6. The van der Waals surface area contributed by atoms with Crippen molar-refractivity contribution in [1.82, 2.24) is 14.7 Å². The molecule has 5 nitrogen and oxygen atoms in total. The number of nitrogens with zero attached hydrogens (tertiary/aromatic N) is 3. The van der Waals surface area contributed by atoms with E-state index in [1.165, 1.54) is 0 Å². The summed E-state index contributed by atoms with van der Waals surface area (Å²) >= 11 is 0. The van der Waals surface area contributed by atoms with E-state index in [4.69, 9.17) is 5.73 Å². The average Bonchev–Trinajstić information content (AvgIpc) is 3.04. The minimum atomic E-state index is -0.105. The van der Waals surface area contributed by atoms with E-state index in [1.807, 2.05) is 16.5 Å². The van der Waals surface area contributed by atoms with Crippen LogP contribution >= 0.6 is 0 Å². The van der Waals surface area contributed by atoms with Crippen molar-refractivity contribution in [3.63, 3.8) is 0 Å². The van der Waals surface area contributed by atoms with E-state index in [0.29, 0.717) is 11.8 Å². The van der Waals surface area contributed by atoms with Crippen LogP contribution in [0, 0.1) is 18.8 Å². The Morgan fingerprint density at radius 1 is 1.33 bits per heavy atom. The van der Waals surface area contributed by atoms with Crippen LogP contribution in [0.4, 0.5) is 0 Å². The van der Waals surface area contributed by atoms with E-state index in [-0.39, 0.29) is 17.5 Å². The molecule has 0 spiro atoms. The highest BCUT2D eigenvalue weighted by molar-refractivity contribution is 5.95. The Labute approximate surface area is 126 Å². The van der Waals surface area contributed by atoms with Crippen LogP contribution in [-0.4, -0.2) is 39.7 Å². The maximum absolute atomic E-state index is 12.8. The molecule has 1 amide bonds. The Balaban J connectivity index is 1.80. The van der Waals surface area contributed by atoms with E-state index in [9.17, 15) is 4.79 Å². The standard InChI is InChI=1S/C16H26N4O/c1-10-12(7-18-20(10)16(2,3)4)15(21)19-8-11-5-6-14(17)13(11)9-19/h7,11,13-14H,5-6,8-9,17H2,1-4H3. The van der Waals surface area contributed by atoms with Gasteiger partial charge >= 0.3 is 0 Å². The number of amides is 1. The number of likely N-dealkylation sites (tertiary alicyclic amines) is 1. The fraction of sp³-hybridized carbons (Fsp3) is 0.750. The molecule has 3 atom stereocenters. The highest BCUT2D eigenvalue weighted by Gasteiger charge is 2.43. The van der Waals surface area contributed by atoms with Crippen molar-refractivity contribution in [2.75, 3.05) is 13.1 Å². The fourth-order valence-corrected chi connectivity index (χ4v) is 3.94. The molecule has 1 aromatic heterocycles. The van der Waals surface area contributed by atoms with Gasteiger partial charge in [-0.05, 0) is 52.4 Å². The lowest BCUT2D eigenvalue weighted by molar-refractivity contribution is 0.0778. The van der Waals surface area contributed by atoms with Gasteiger partial charge in [-0.15, -0.1) is 0 Å². The molecule has 3 rings (SSSR count). The first-order valence-electron chi connectivity index (χ1n) is 7.89. The SMILES string of the molecule is Cc1c(C(=O)N2CC3CCC(N)C3C2)cnn1C(C)(C)C. The van der Waals surface area contributed by atoms with E-state index in [1.54, 1.807) is 6.20 Å². The molecule has 1 saturated carbocycles. The van der Waals surface area contributed by atoms with E-state index < -0.39 is 0 Å². The van der Waals surface area contributed by atoms with Crippen LogP contribution in [0.1, 0.15) is 49.7 Å². The largest absolute Gasteiger partial charge is 0.338 e. The van der Waals surface area contributed by atoms with Crippen molar-refractivity contribution >= 4 is 5.91 Å². The average molecular weight is 290 g/mol. The van der Waals surface area contributed by atoms with Gasteiger partial charge in [0.1, 0.15) is 0 Å². The quantitative estimate of drug-likeness (QED) is 0.857. The zero-order chi connectivity index (χ0) is 15.4. The van der Waals surface area contributed by atoms with Crippen LogP contribution in [-0.2, 0) is 5.54 Å². The van der Waals surface area contributed by atoms with Crippen molar-refractivity contribution in [2.45, 2.75) is 52.1 Å². The second kappa shape index (κ2) is 4.83. The Hall–Kier alpha value is -1.36. The summed E-state index contributed by atoms with van der Waals surface area (Å²) in [7, 11) is 0. The second-order valence-electron chi connectivity index (χ2n) is 7.60. The van der Waals surface area contributed by atoms with Crippen molar-refractivity contribution < 1.29 is 4.79 Å². The predicted octanol–water partition coefficient (Wildman–Crippen LogP) is 1.76. The highest BCUT2D eigenvalue weighted by atomic mass is 16.2. The van der Waals surface area contributed by atoms with Gasteiger partial charge in [0.15, 0.2) is 0 Å². The predicted molar refractivity (Wildman–Crippen MR) is 82.1 cm³/mol. The van der Waals surface area contributed by atoms with Crippen LogP contribution < -0.4 is 5.73 Å². The van der Waals surface area contributed by atoms with E-state index in [2.05, 4.69) is 25.9 Å². The molecule has 3 unspecified atom stereocenters. The summed E-state index contributed by atoms with van der Waals surface area (Å²) in [5.41, 5.74) is 7.74. The number of fused-ring (bicyclic) bond motifs is 1. The maximum Gasteiger partial charge on any atom is 0.257 e. The molecule has 0 bridgehead atoms. The summed E-state index contributed by atoms with van der Waals surface area (Å²) < 4.78 is 1.93.